The molecule has 0 aliphatic heterocycles. The van der Waals surface area contributed by atoms with E-state index in [2.05, 4.69) is 5.32 Å². The van der Waals surface area contributed by atoms with Gasteiger partial charge in [-0.3, -0.25) is 4.79 Å². The van der Waals surface area contributed by atoms with Crippen molar-refractivity contribution < 1.29 is 14.7 Å². The molecule has 1 unspecified atom stereocenters. The van der Waals surface area contributed by atoms with Crippen LogP contribution < -0.4 is 5.32 Å². The third-order valence-electron chi connectivity index (χ3n) is 1.96. The molecule has 0 aromatic carbocycles. The normalized spacial score (nSPS) is 12.1. The number of carbonyl (C=O) groups is 2. The van der Waals surface area contributed by atoms with Gasteiger partial charge in [0.2, 0.25) is 0 Å². The molecule has 16 heavy (non-hydrogen) atoms. The second-order valence-corrected chi connectivity index (χ2v) is 5.06. The number of carbonyl (C=O) groups excluding carboxylic acids is 1. The lowest BCUT2D eigenvalue weighted by Crippen LogP contribution is -2.40. The van der Waals surface area contributed by atoms with E-state index in [4.69, 9.17) is 5.11 Å². The topological polar surface area (TPSA) is 66.4 Å². The lowest BCUT2D eigenvalue weighted by atomic mass is 10.2. The van der Waals surface area contributed by atoms with Gasteiger partial charge in [-0.25, -0.2) is 4.79 Å². The summed E-state index contributed by atoms with van der Waals surface area (Å²) in [6.07, 6.45) is 2.34. The number of carboxylic acids is 1. The molecule has 0 radical (unpaired) electrons. The first-order chi connectivity index (χ1) is 7.65. The maximum Gasteiger partial charge on any atom is 0.326 e. The summed E-state index contributed by atoms with van der Waals surface area (Å²) in [5.74, 6) is -0.593. The molecule has 88 valence electrons. The van der Waals surface area contributed by atoms with Crippen molar-refractivity contribution in [2.45, 2.75) is 12.5 Å². The Morgan fingerprint density at radius 1 is 1.62 bits per heavy atom. The van der Waals surface area contributed by atoms with Gasteiger partial charge < -0.3 is 10.4 Å². The Labute approximate surface area is 102 Å². The van der Waals surface area contributed by atoms with Crippen LogP contribution >= 0.6 is 23.1 Å². The minimum Gasteiger partial charge on any atom is -0.480 e. The average molecular weight is 259 g/mol. The van der Waals surface area contributed by atoms with E-state index in [-0.39, 0.29) is 5.91 Å². The first-order valence-electron chi connectivity index (χ1n) is 4.71. The third-order valence-corrected chi connectivity index (χ3v) is 3.47. The van der Waals surface area contributed by atoms with E-state index in [1.54, 1.807) is 29.3 Å². The van der Waals surface area contributed by atoms with Crippen LogP contribution in [0.3, 0.4) is 0 Å². The Balaban J connectivity index is 2.54. The van der Waals surface area contributed by atoms with Gasteiger partial charge in [0, 0.05) is 0 Å². The Bertz CT molecular complexity index is 351. The molecule has 0 fully saturated rings. The first-order valence-corrected chi connectivity index (χ1v) is 6.98. The van der Waals surface area contributed by atoms with Crippen LogP contribution in [0.2, 0.25) is 0 Å². The predicted octanol–water partition coefficient (Wildman–Crippen LogP) is 1.68. The number of amides is 1. The number of thioether (sulfide) groups is 1. The molecule has 1 amide bonds. The number of nitrogens with one attached hydrogen (secondary N) is 1. The van der Waals surface area contributed by atoms with Crippen molar-refractivity contribution in [2.24, 2.45) is 0 Å². The highest BCUT2D eigenvalue weighted by atomic mass is 32.2. The maximum atomic E-state index is 11.6. The molecule has 1 aromatic rings. The van der Waals surface area contributed by atoms with Crippen molar-refractivity contribution in [2.75, 3.05) is 12.0 Å². The molecule has 1 heterocycles. The highest BCUT2D eigenvalue weighted by Gasteiger charge is 2.20. The predicted molar refractivity (Wildman–Crippen MR) is 66.2 cm³/mol. The molecule has 1 rings (SSSR count). The minimum atomic E-state index is -0.987. The Morgan fingerprint density at radius 3 is 2.88 bits per heavy atom. The van der Waals surface area contributed by atoms with Gasteiger partial charge in [0.25, 0.3) is 5.91 Å². The van der Waals surface area contributed by atoms with Crippen LogP contribution in [-0.2, 0) is 4.79 Å². The van der Waals surface area contributed by atoms with Crippen LogP contribution in [0.25, 0.3) is 0 Å². The molecule has 0 saturated carbocycles. The zero-order valence-electron chi connectivity index (χ0n) is 8.80. The molecule has 1 atom stereocenters. The molecule has 4 nitrogen and oxygen atoms in total. The smallest absolute Gasteiger partial charge is 0.326 e. The lowest BCUT2D eigenvalue weighted by molar-refractivity contribution is -0.139. The van der Waals surface area contributed by atoms with Crippen LogP contribution in [0.4, 0.5) is 0 Å². The number of hydrogen-bond donors (Lipinski definition) is 2. The van der Waals surface area contributed by atoms with Crippen molar-refractivity contribution in [1.29, 1.82) is 0 Å². The van der Waals surface area contributed by atoms with E-state index in [1.165, 1.54) is 11.3 Å². The van der Waals surface area contributed by atoms with Gasteiger partial charge in [-0.1, -0.05) is 6.07 Å². The van der Waals surface area contributed by atoms with E-state index in [0.29, 0.717) is 17.1 Å². The fourth-order valence-corrected chi connectivity index (χ4v) is 2.23. The number of carboxylic acid groups (broad SMARTS) is 1. The second-order valence-electron chi connectivity index (χ2n) is 3.12. The molecule has 6 heteroatoms. The van der Waals surface area contributed by atoms with Crippen molar-refractivity contribution in [3.8, 4) is 0 Å². The number of thiophene rings is 1. The summed E-state index contributed by atoms with van der Waals surface area (Å²) in [4.78, 5) is 23.0. The van der Waals surface area contributed by atoms with Crippen molar-refractivity contribution >= 4 is 35.0 Å². The highest BCUT2D eigenvalue weighted by molar-refractivity contribution is 7.98. The zero-order chi connectivity index (χ0) is 12.0. The second kappa shape index (κ2) is 6.55. The summed E-state index contributed by atoms with van der Waals surface area (Å²) in [5.41, 5.74) is 0. The van der Waals surface area contributed by atoms with Gasteiger partial charge in [0.1, 0.15) is 6.04 Å². The first kappa shape index (κ1) is 13.1. The van der Waals surface area contributed by atoms with E-state index in [9.17, 15) is 9.59 Å². The van der Waals surface area contributed by atoms with Crippen LogP contribution in [0.1, 0.15) is 16.1 Å². The molecule has 2 N–H and O–H groups in total. The number of rotatable bonds is 6. The summed E-state index contributed by atoms with van der Waals surface area (Å²) in [6.45, 7) is 0. The van der Waals surface area contributed by atoms with Crippen LogP contribution in [-0.4, -0.2) is 35.0 Å². The Hall–Kier alpha value is -1.01. The van der Waals surface area contributed by atoms with Gasteiger partial charge in [0.05, 0.1) is 4.88 Å². The maximum absolute atomic E-state index is 11.6. The SMILES string of the molecule is CSCCC(NC(=O)c1cccs1)C(=O)O. The van der Waals surface area contributed by atoms with Crippen LogP contribution in [0.5, 0.6) is 0 Å². The van der Waals surface area contributed by atoms with Crippen LogP contribution in [0.15, 0.2) is 17.5 Å². The van der Waals surface area contributed by atoms with Crippen molar-refractivity contribution in [3.05, 3.63) is 22.4 Å². The Kier molecular flexibility index (Phi) is 5.34. The van der Waals surface area contributed by atoms with E-state index in [0.717, 1.165) is 0 Å². The standard InChI is InChI=1S/C10H13NO3S2/c1-15-6-4-7(10(13)14)11-9(12)8-3-2-5-16-8/h2-3,5,7H,4,6H2,1H3,(H,11,12)(H,13,14). The monoisotopic (exact) mass is 259 g/mol. The van der Waals surface area contributed by atoms with Gasteiger partial charge in [-0.05, 0) is 29.9 Å². The molecular weight excluding hydrogens is 246 g/mol. The minimum absolute atomic E-state index is 0.316. The molecule has 0 aliphatic rings. The van der Waals surface area contributed by atoms with E-state index in [1.807, 2.05) is 6.26 Å². The lowest BCUT2D eigenvalue weighted by Gasteiger charge is -2.12. The quantitative estimate of drug-likeness (QED) is 0.816. The largest absolute Gasteiger partial charge is 0.480 e. The molecule has 0 aliphatic carbocycles. The fourth-order valence-electron chi connectivity index (χ4n) is 1.13. The summed E-state index contributed by atoms with van der Waals surface area (Å²) >= 11 is 2.86. The van der Waals surface area contributed by atoms with Crippen LogP contribution in [0, 0.1) is 0 Å². The van der Waals surface area contributed by atoms with E-state index >= 15 is 0 Å². The summed E-state index contributed by atoms with van der Waals surface area (Å²) < 4.78 is 0. The molecule has 0 spiro atoms. The summed E-state index contributed by atoms with van der Waals surface area (Å²) in [5, 5.41) is 13.2. The van der Waals surface area contributed by atoms with Gasteiger partial charge >= 0.3 is 5.97 Å². The molecule has 0 bridgehead atoms. The molecular formula is C10H13NO3S2. The van der Waals surface area contributed by atoms with Crippen molar-refractivity contribution in [1.82, 2.24) is 5.32 Å². The van der Waals surface area contributed by atoms with Gasteiger partial charge in [0.15, 0.2) is 0 Å². The summed E-state index contributed by atoms with van der Waals surface area (Å²) in [7, 11) is 0. The number of hydrogen-bond acceptors (Lipinski definition) is 4. The molecule has 1 aromatic heterocycles. The zero-order valence-corrected chi connectivity index (χ0v) is 10.4. The third kappa shape index (κ3) is 3.86. The summed E-state index contributed by atoms with van der Waals surface area (Å²) in [6, 6.07) is 2.63. The Morgan fingerprint density at radius 2 is 2.38 bits per heavy atom. The van der Waals surface area contributed by atoms with Crippen molar-refractivity contribution in [3.63, 3.8) is 0 Å². The van der Waals surface area contributed by atoms with Gasteiger partial charge in [-0.15, -0.1) is 11.3 Å². The fraction of sp³-hybridized carbons (Fsp3) is 0.400. The molecule has 0 saturated heterocycles. The van der Waals surface area contributed by atoms with E-state index < -0.39 is 12.0 Å². The average Bonchev–Trinajstić information content (AvgIpc) is 2.76. The number of aliphatic carboxylic acids is 1. The van der Waals surface area contributed by atoms with Gasteiger partial charge in [-0.2, -0.15) is 11.8 Å². The highest BCUT2D eigenvalue weighted by Crippen LogP contribution is 2.09.